The number of pyridine rings is 2. The predicted molar refractivity (Wildman–Crippen MR) is 138 cm³/mol. The first-order chi connectivity index (χ1) is 18.0. The van der Waals surface area contributed by atoms with Crippen LogP contribution in [-0.4, -0.2) is 26.6 Å². The Bertz CT molecular complexity index is 1350. The van der Waals surface area contributed by atoms with Gasteiger partial charge in [0.25, 0.3) is 0 Å². The highest BCUT2D eigenvalue weighted by atomic mass is 16.7. The molecule has 1 aromatic carbocycles. The summed E-state index contributed by atoms with van der Waals surface area (Å²) in [7, 11) is 0. The van der Waals surface area contributed by atoms with Gasteiger partial charge in [0.1, 0.15) is 23.9 Å². The third-order valence-electron chi connectivity index (χ3n) is 6.18. The average molecular weight is 520 g/mol. The Labute approximate surface area is 222 Å². The molecule has 9 heteroatoms. The van der Waals surface area contributed by atoms with Gasteiger partial charge >= 0.3 is 0 Å². The molecule has 200 valence electrons. The SMILES string of the molecule is Cc1ncc(CO)c2c1OC(C)(C)OC2.Cc1ncc(COc2ccc(C#N)cc2)c2c1OC(C)(C)OC2. The van der Waals surface area contributed by atoms with Crippen LogP contribution in [0.4, 0.5) is 0 Å². The number of nitrogens with zero attached hydrogens (tertiary/aromatic N) is 3. The van der Waals surface area contributed by atoms with E-state index in [1.54, 1.807) is 36.7 Å². The Morgan fingerprint density at radius 1 is 0.868 bits per heavy atom. The molecule has 0 saturated heterocycles. The van der Waals surface area contributed by atoms with Gasteiger partial charge in [0.15, 0.2) is 0 Å². The topological polar surface area (TPSA) is 116 Å². The number of fused-ring (bicyclic) bond motifs is 2. The van der Waals surface area contributed by atoms with Crippen molar-refractivity contribution in [1.82, 2.24) is 9.97 Å². The van der Waals surface area contributed by atoms with Gasteiger partial charge in [-0.25, -0.2) is 0 Å². The second-order valence-corrected chi connectivity index (χ2v) is 10.0. The van der Waals surface area contributed by atoms with Crippen LogP contribution in [0.3, 0.4) is 0 Å². The number of aryl methyl sites for hydroxylation is 2. The monoisotopic (exact) mass is 519 g/mol. The van der Waals surface area contributed by atoms with Crippen LogP contribution in [0, 0.1) is 25.2 Å². The lowest BCUT2D eigenvalue weighted by molar-refractivity contribution is -0.181. The molecule has 2 aromatic heterocycles. The molecule has 0 unspecified atom stereocenters. The summed E-state index contributed by atoms with van der Waals surface area (Å²) in [6.07, 6.45) is 3.46. The van der Waals surface area contributed by atoms with E-state index in [9.17, 15) is 0 Å². The lowest BCUT2D eigenvalue weighted by atomic mass is 10.1. The lowest BCUT2D eigenvalue weighted by Crippen LogP contribution is -2.36. The van der Waals surface area contributed by atoms with Gasteiger partial charge in [-0.15, -0.1) is 0 Å². The first-order valence-electron chi connectivity index (χ1n) is 12.4. The summed E-state index contributed by atoms with van der Waals surface area (Å²) in [6, 6.07) is 9.10. The van der Waals surface area contributed by atoms with Gasteiger partial charge in [-0.3, -0.25) is 9.97 Å². The Kier molecular flexibility index (Phi) is 7.88. The predicted octanol–water partition coefficient (Wildman–Crippen LogP) is 5.01. The van der Waals surface area contributed by atoms with Crippen LogP contribution in [0.25, 0.3) is 0 Å². The van der Waals surface area contributed by atoms with Crippen molar-refractivity contribution in [3.05, 3.63) is 75.9 Å². The van der Waals surface area contributed by atoms with Crippen molar-refractivity contribution >= 4 is 0 Å². The number of aromatic nitrogens is 2. The zero-order chi connectivity index (χ0) is 27.5. The van der Waals surface area contributed by atoms with Crippen molar-refractivity contribution < 1.29 is 28.8 Å². The van der Waals surface area contributed by atoms with Crippen LogP contribution in [0.5, 0.6) is 17.2 Å². The van der Waals surface area contributed by atoms with Crippen LogP contribution in [0.2, 0.25) is 0 Å². The second kappa shape index (κ2) is 11.0. The molecule has 38 heavy (non-hydrogen) atoms. The highest BCUT2D eigenvalue weighted by molar-refractivity contribution is 5.44. The number of nitriles is 1. The van der Waals surface area contributed by atoms with E-state index in [0.717, 1.165) is 45.1 Å². The molecule has 0 aliphatic carbocycles. The summed E-state index contributed by atoms with van der Waals surface area (Å²) >= 11 is 0. The summed E-state index contributed by atoms with van der Waals surface area (Å²) < 4.78 is 28.6. The molecule has 0 amide bonds. The van der Waals surface area contributed by atoms with Crippen LogP contribution < -0.4 is 14.2 Å². The number of hydrogen-bond donors (Lipinski definition) is 1. The summed E-state index contributed by atoms with van der Waals surface area (Å²) in [5.41, 5.74) is 5.87. The Morgan fingerprint density at radius 2 is 1.37 bits per heavy atom. The van der Waals surface area contributed by atoms with E-state index in [4.69, 9.17) is 34.1 Å². The number of rotatable bonds is 4. The van der Waals surface area contributed by atoms with Gasteiger partial charge in [0.05, 0.1) is 42.8 Å². The minimum atomic E-state index is -0.647. The highest BCUT2D eigenvalue weighted by Gasteiger charge is 2.31. The first kappa shape index (κ1) is 27.3. The number of ether oxygens (including phenoxy) is 5. The van der Waals surface area contributed by atoms with Gasteiger partial charge in [-0.05, 0) is 38.1 Å². The van der Waals surface area contributed by atoms with E-state index in [0.29, 0.717) is 31.1 Å². The molecular weight excluding hydrogens is 486 g/mol. The fourth-order valence-electron chi connectivity index (χ4n) is 4.03. The standard InChI is InChI=1S/C18H18N2O3.C11H15NO3/c1-12-17-16(11-22-18(2,3)23-17)14(9-20-12)10-21-15-6-4-13(8-19)5-7-15;1-7-10-9(8(5-13)4-12-7)6-14-11(2,3)15-10/h4-7,9H,10-11H2,1-3H3;4,13H,5-6H2,1-3H3. The van der Waals surface area contributed by atoms with Crippen LogP contribution >= 0.6 is 0 Å². The summed E-state index contributed by atoms with van der Waals surface area (Å²) in [5, 5.41) is 18.0. The molecule has 3 aromatic rings. The van der Waals surface area contributed by atoms with Gasteiger partial charge in [-0.2, -0.15) is 5.26 Å². The summed E-state index contributed by atoms with van der Waals surface area (Å²) in [6.45, 7) is 12.6. The molecule has 0 fully saturated rings. The van der Waals surface area contributed by atoms with Gasteiger partial charge in [-0.1, -0.05) is 0 Å². The molecule has 0 radical (unpaired) electrons. The molecule has 2 aliphatic rings. The quantitative estimate of drug-likeness (QED) is 0.507. The maximum Gasteiger partial charge on any atom is 0.205 e. The van der Waals surface area contributed by atoms with Crippen molar-refractivity contribution in [1.29, 1.82) is 5.26 Å². The van der Waals surface area contributed by atoms with E-state index in [2.05, 4.69) is 16.0 Å². The Balaban J connectivity index is 0.000000194. The number of aliphatic hydroxyl groups excluding tert-OH is 1. The van der Waals surface area contributed by atoms with Crippen molar-refractivity contribution in [2.45, 2.75) is 79.5 Å². The van der Waals surface area contributed by atoms with Crippen molar-refractivity contribution in [2.24, 2.45) is 0 Å². The van der Waals surface area contributed by atoms with E-state index < -0.39 is 11.6 Å². The molecular formula is C29H33N3O6. The Morgan fingerprint density at radius 3 is 1.87 bits per heavy atom. The molecule has 4 heterocycles. The smallest absolute Gasteiger partial charge is 0.205 e. The van der Waals surface area contributed by atoms with Crippen LogP contribution in [-0.2, 0) is 35.9 Å². The summed E-state index contributed by atoms with van der Waals surface area (Å²) in [5.74, 6) is 0.968. The van der Waals surface area contributed by atoms with E-state index >= 15 is 0 Å². The fourth-order valence-corrected chi connectivity index (χ4v) is 4.03. The maximum atomic E-state index is 9.16. The largest absolute Gasteiger partial charge is 0.489 e. The average Bonchev–Trinajstić information content (AvgIpc) is 2.89. The van der Waals surface area contributed by atoms with Gasteiger partial charge in [0, 0.05) is 62.3 Å². The third-order valence-corrected chi connectivity index (χ3v) is 6.18. The van der Waals surface area contributed by atoms with Crippen molar-refractivity contribution in [2.75, 3.05) is 0 Å². The molecule has 1 N–H and O–H groups in total. The first-order valence-corrected chi connectivity index (χ1v) is 12.4. The minimum Gasteiger partial charge on any atom is -0.489 e. The zero-order valence-electron chi connectivity index (χ0n) is 22.6. The zero-order valence-corrected chi connectivity index (χ0v) is 22.6. The second-order valence-electron chi connectivity index (χ2n) is 10.0. The highest BCUT2D eigenvalue weighted by Crippen LogP contribution is 2.36. The van der Waals surface area contributed by atoms with E-state index in [1.165, 1.54) is 0 Å². The molecule has 0 atom stereocenters. The minimum absolute atomic E-state index is 0.0389. The molecule has 9 nitrogen and oxygen atoms in total. The summed E-state index contributed by atoms with van der Waals surface area (Å²) in [4.78, 5) is 8.58. The number of hydrogen-bond acceptors (Lipinski definition) is 9. The van der Waals surface area contributed by atoms with Crippen LogP contribution in [0.15, 0.2) is 36.7 Å². The Hall–Kier alpha value is -3.71. The van der Waals surface area contributed by atoms with E-state index in [-0.39, 0.29) is 6.61 Å². The fraction of sp³-hybridized carbons (Fsp3) is 0.414. The van der Waals surface area contributed by atoms with Crippen LogP contribution in [0.1, 0.15) is 66.9 Å². The normalized spacial score (nSPS) is 16.4. The molecule has 2 aliphatic heterocycles. The third kappa shape index (κ3) is 6.22. The number of aliphatic hydroxyl groups is 1. The number of benzene rings is 1. The van der Waals surface area contributed by atoms with Crippen molar-refractivity contribution in [3.8, 4) is 23.3 Å². The molecule has 0 bridgehead atoms. The molecule has 0 spiro atoms. The molecule has 5 rings (SSSR count). The lowest BCUT2D eigenvalue weighted by Gasteiger charge is -2.34. The van der Waals surface area contributed by atoms with Gasteiger partial charge < -0.3 is 28.8 Å². The van der Waals surface area contributed by atoms with E-state index in [1.807, 2.05) is 41.5 Å². The van der Waals surface area contributed by atoms with Crippen molar-refractivity contribution in [3.63, 3.8) is 0 Å². The van der Waals surface area contributed by atoms with Gasteiger partial charge in [0.2, 0.25) is 11.6 Å². The maximum absolute atomic E-state index is 9.16. The molecule has 0 saturated carbocycles.